The Kier molecular flexibility index (Phi) is 7.17. The quantitative estimate of drug-likeness (QED) is 0.453. The van der Waals surface area contributed by atoms with Gasteiger partial charge < -0.3 is 0 Å². The predicted molar refractivity (Wildman–Crippen MR) is 37.7 cm³/mol. The van der Waals surface area contributed by atoms with Crippen LogP contribution in [0, 0.1) is 0 Å². The molecule has 0 bridgehead atoms. The van der Waals surface area contributed by atoms with E-state index in [1.165, 1.54) is 0 Å². The van der Waals surface area contributed by atoms with E-state index in [1.54, 1.807) is 6.55 Å². The van der Waals surface area contributed by atoms with Crippen LogP contribution < -0.4 is 0 Å². The van der Waals surface area contributed by atoms with Crippen molar-refractivity contribution in [2.45, 2.75) is 6.55 Å². The average molecular weight is 359 g/mol. The van der Waals surface area contributed by atoms with Crippen LogP contribution in [0.3, 0.4) is 0 Å². The number of halogens is 3. The van der Waals surface area contributed by atoms with Gasteiger partial charge in [0.15, 0.2) is 0 Å². The Labute approximate surface area is 72.4 Å². The average Bonchev–Trinajstić information content (AvgIpc) is 0.722. The standard InChI is InChI=1S/CH3Cl3Si.Pb.2H/c1-5(2,3)4;;;/h1H3;;;. The Bertz CT molecular complexity index is 26.3. The summed E-state index contributed by atoms with van der Waals surface area (Å²) in [6.07, 6.45) is 0. The molecule has 0 aliphatic heterocycles. The zero-order valence-corrected chi connectivity index (χ0v) is 12.1. The molecule has 0 aliphatic rings. The van der Waals surface area contributed by atoms with Crippen LogP contribution in [0.1, 0.15) is 0 Å². The van der Waals surface area contributed by atoms with Gasteiger partial charge in [-0.25, -0.2) is 0 Å². The Balaban J connectivity index is 0. The molecule has 0 aromatic carbocycles. The topological polar surface area (TPSA) is 0 Å². The van der Waals surface area contributed by atoms with Gasteiger partial charge in [0.2, 0.25) is 0 Å². The maximum absolute atomic E-state index is 5.20. The normalized spacial score (nSPS) is 10.0. The second-order valence-electron chi connectivity index (χ2n) is 0.781. The van der Waals surface area contributed by atoms with Crippen molar-refractivity contribution in [1.29, 1.82) is 0 Å². The number of rotatable bonds is 0. The molecular formula is CH5Cl3PbSi. The molecule has 5 heteroatoms. The maximum atomic E-state index is 5.20. The molecule has 2 radical (unpaired) electrons. The van der Waals surface area contributed by atoms with Gasteiger partial charge in [-0.05, 0) is 6.55 Å². The fraction of sp³-hybridized carbons (Fsp3) is 1.00. The Morgan fingerprint density at radius 2 is 1.17 bits per heavy atom. The summed E-state index contributed by atoms with van der Waals surface area (Å²) in [7, 11) is 0. The van der Waals surface area contributed by atoms with E-state index in [0.717, 1.165) is 0 Å². The van der Waals surface area contributed by atoms with Crippen LogP contribution in [-0.2, 0) is 0 Å². The van der Waals surface area contributed by atoms with Crippen molar-refractivity contribution in [3.8, 4) is 0 Å². The van der Waals surface area contributed by atoms with E-state index < -0.39 is 6.00 Å². The Morgan fingerprint density at radius 1 is 1.17 bits per heavy atom. The molecule has 0 N–H and O–H groups in total. The van der Waals surface area contributed by atoms with Gasteiger partial charge >= 0.3 is 33.3 Å². The van der Waals surface area contributed by atoms with Gasteiger partial charge in [0, 0.05) is 0 Å². The summed E-state index contributed by atoms with van der Waals surface area (Å²) in [6.45, 7) is 1.62. The van der Waals surface area contributed by atoms with Gasteiger partial charge in [0.1, 0.15) is 0 Å². The molecule has 0 nitrogen and oxygen atoms in total. The summed E-state index contributed by atoms with van der Waals surface area (Å²) in [5, 5.41) is 0. The molecule has 0 spiro atoms. The van der Waals surface area contributed by atoms with E-state index in [0.29, 0.717) is 0 Å². The minimum absolute atomic E-state index is 0. The van der Waals surface area contributed by atoms with Gasteiger partial charge in [-0.15, -0.1) is 33.2 Å². The second kappa shape index (κ2) is 3.95. The van der Waals surface area contributed by atoms with Crippen molar-refractivity contribution < 1.29 is 0 Å². The molecule has 0 saturated heterocycles. The first-order valence-electron chi connectivity index (χ1n) is 1.07. The van der Waals surface area contributed by atoms with E-state index in [1.807, 2.05) is 0 Å². The van der Waals surface area contributed by atoms with Crippen LogP contribution in [0.2, 0.25) is 6.55 Å². The monoisotopic (exact) mass is 358 g/mol. The predicted octanol–water partition coefficient (Wildman–Crippen LogP) is 1.36. The molecule has 0 saturated carbocycles. The third kappa shape index (κ3) is 37.4. The molecule has 0 amide bonds. The van der Waals surface area contributed by atoms with Crippen molar-refractivity contribution in [3.63, 3.8) is 0 Å². The van der Waals surface area contributed by atoms with Gasteiger partial charge in [-0.2, -0.15) is 0 Å². The van der Waals surface area contributed by atoms with E-state index in [2.05, 4.69) is 0 Å². The molecule has 38 valence electrons. The van der Waals surface area contributed by atoms with Crippen LogP contribution in [0.15, 0.2) is 0 Å². The molecule has 6 heavy (non-hydrogen) atoms. The zero-order chi connectivity index (χ0) is 4.50. The molecule has 0 unspecified atom stereocenters. The summed E-state index contributed by atoms with van der Waals surface area (Å²) >= 11 is 15.6. The first-order chi connectivity index (χ1) is 2.00. The summed E-state index contributed by atoms with van der Waals surface area (Å²) in [4.78, 5) is 0. The Hall–Kier alpha value is 2.01. The number of hydrogen-bond acceptors (Lipinski definition) is 0. The van der Waals surface area contributed by atoms with Crippen LogP contribution in [0.5, 0.6) is 0 Å². The molecule has 0 heterocycles. The van der Waals surface area contributed by atoms with Crippen LogP contribution >= 0.6 is 33.2 Å². The molecule has 0 aromatic heterocycles. The Morgan fingerprint density at radius 3 is 1.17 bits per heavy atom. The first kappa shape index (κ1) is 10.9. The van der Waals surface area contributed by atoms with Crippen molar-refractivity contribution in [3.05, 3.63) is 0 Å². The van der Waals surface area contributed by atoms with Crippen LogP contribution in [0.4, 0.5) is 0 Å². The second-order valence-corrected chi connectivity index (χ2v) is 10.9. The molecule has 0 fully saturated rings. The third-order valence-electron chi connectivity index (χ3n) is 0. The van der Waals surface area contributed by atoms with Crippen molar-refractivity contribution >= 4 is 66.5 Å². The van der Waals surface area contributed by atoms with Crippen molar-refractivity contribution in [2.75, 3.05) is 0 Å². The summed E-state index contributed by atoms with van der Waals surface area (Å²) in [5.41, 5.74) is 0. The van der Waals surface area contributed by atoms with Crippen LogP contribution in [0.25, 0.3) is 0 Å². The van der Waals surface area contributed by atoms with E-state index >= 15 is 0 Å². The van der Waals surface area contributed by atoms with Gasteiger partial charge in [0.05, 0.1) is 0 Å². The van der Waals surface area contributed by atoms with Gasteiger partial charge in [0.25, 0.3) is 0 Å². The summed E-state index contributed by atoms with van der Waals surface area (Å²) < 4.78 is 0. The van der Waals surface area contributed by atoms with E-state index in [-0.39, 0.29) is 27.3 Å². The molecule has 0 aliphatic carbocycles. The first-order valence-corrected chi connectivity index (χ1v) is 6.60. The molecular weight excluding hydrogens is 354 g/mol. The molecule has 0 rings (SSSR count). The summed E-state index contributed by atoms with van der Waals surface area (Å²) in [6, 6.07) is -2.19. The van der Waals surface area contributed by atoms with Gasteiger partial charge in [-0.1, -0.05) is 0 Å². The fourth-order valence-corrected chi connectivity index (χ4v) is 0. The van der Waals surface area contributed by atoms with Crippen LogP contribution in [-0.4, -0.2) is 33.3 Å². The van der Waals surface area contributed by atoms with E-state index in [9.17, 15) is 0 Å². The molecule has 0 aromatic rings. The number of hydrogen-bond donors (Lipinski definition) is 0. The van der Waals surface area contributed by atoms with Crippen molar-refractivity contribution in [2.24, 2.45) is 0 Å². The van der Waals surface area contributed by atoms with Crippen molar-refractivity contribution in [1.82, 2.24) is 0 Å². The third-order valence-corrected chi connectivity index (χ3v) is 0. The zero-order valence-electron chi connectivity index (χ0n) is 3.34. The van der Waals surface area contributed by atoms with Gasteiger partial charge in [-0.3, -0.25) is 0 Å². The fourth-order valence-electron chi connectivity index (χ4n) is 0. The minimum atomic E-state index is -2.19. The molecule has 0 atom stereocenters. The SMILES string of the molecule is C[Si](Cl)(Cl)Cl.[PbH2]. The summed E-state index contributed by atoms with van der Waals surface area (Å²) in [5.74, 6) is 0. The van der Waals surface area contributed by atoms with E-state index in [4.69, 9.17) is 33.2 Å².